The molecule has 3 aromatic carbocycles. The number of carboxylic acids is 1. The Bertz CT molecular complexity index is 1300. The molecular formula is C29H33N2O7P. The average molecular weight is 553 g/mol. The molecule has 0 aliphatic carbocycles. The van der Waals surface area contributed by atoms with Crippen molar-refractivity contribution in [3.05, 3.63) is 96.1 Å². The number of carbonyl (C=O) groups excluding carboxylic acids is 2. The molecule has 0 bridgehead atoms. The average Bonchev–Trinajstić information content (AvgIpc) is 2.92. The minimum Gasteiger partial charge on any atom is -0.480 e. The molecule has 0 spiro atoms. The Morgan fingerprint density at radius 2 is 1.38 bits per heavy atom. The number of alkyl carbamates (subject to hydrolysis) is 1. The van der Waals surface area contributed by atoms with E-state index in [1.807, 2.05) is 60.7 Å². The molecule has 0 saturated heterocycles. The van der Waals surface area contributed by atoms with Crippen LogP contribution in [0.4, 0.5) is 4.79 Å². The molecule has 39 heavy (non-hydrogen) atoms. The van der Waals surface area contributed by atoms with Gasteiger partial charge in [0.25, 0.3) is 0 Å². The minimum absolute atomic E-state index is 0.00773. The monoisotopic (exact) mass is 552 g/mol. The first-order valence-electron chi connectivity index (χ1n) is 12.5. The molecule has 0 fully saturated rings. The Hall–Kier alpha value is -3.94. The van der Waals surface area contributed by atoms with E-state index in [9.17, 15) is 28.9 Å². The van der Waals surface area contributed by atoms with E-state index in [1.165, 1.54) is 13.8 Å². The second kappa shape index (κ2) is 13.7. The van der Waals surface area contributed by atoms with E-state index < -0.39 is 49.2 Å². The molecule has 4 atom stereocenters. The number of ether oxygens (including phenoxy) is 1. The molecule has 9 nitrogen and oxygen atoms in total. The van der Waals surface area contributed by atoms with Gasteiger partial charge in [-0.25, -0.2) is 4.79 Å². The maximum atomic E-state index is 13.3. The van der Waals surface area contributed by atoms with Gasteiger partial charge in [-0.2, -0.15) is 0 Å². The second-order valence-electron chi connectivity index (χ2n) is 9.35. The lowest BCUT2D eigenvalue weighted by atomic mass is 9.97. The summed E-state index contributed by atoms with van der Waals surface area (Å²) in [6.45, 7) is 2.68. The minimum atomic E-state index is -4.12. The Kier molecular flexibility index (Phi) is 10.4. The smallest absolute Gasteiger partial charge is 0.408 e. The summed E-state index contributed by atoms with van der Waals surface area (Å²) in [5.41, 5.74) is 3.49. The molecular weight excluding hydrogens is 519 g/mol. The zero-order valence-corrected chi connectivity index (χ0v) is 22.7. The first-order chi connectivity index (χ1) is 18.5. The van der Waals surface area contributed by atoms with Crippen molar-refractivity contribution in [2.45, 2.75) is 38.7 Å². The Morgan fingerprint density at radius 1 is 0.821 bits per heavy atom. The van der Waals surface area contributed by atoms with Gasteiger partial charge in [-0.1, -0.05) is 84.9 Å². The molecule has 10 heteroatoms. The molecule has 3 aromatic rings. The zero-order valence-electron chi connectivity index (χ0n) is 21.8. The lowest BCUT2D eigenvalue weighted by Crippen LogP contribution is -2.44. The highest BCUT2D eigenvalue weighted by atomic mass is 31.2. The van der Waals surface area contributed by atoms with Gasteiger partial charge in [0.2, 0.25) is 13.3 Å². The van der Waals surface area contributed by atoms with Crippen LogP contribution in [0.3, 0.4) is 0 Å². The first-order valence-corrected chi connectivity index (χ1v) is 14.4. The van der Waals surface area contributed by atoms with Crippen molar-refractivity contribution in [1.29, 1.82) is 0 Å². The van der Waals surface area contributed by atoms with Crippen LogP contribution in [-0.4, -0.2) is 46.0 Å². The molecule has 0 aliphatic heterocycles. The van der Waals surface area contributed by atoms with E-state index >= 15 is 0 Å². The largest absolute Gasteiger partial charge is 0.480 e. The highest BCUT2D eigenvalue weighted by molar-refractivity contribution is 7.58. The van der Waals surface area contributed by atoms with E-state index in [4.69, 9.17) is 4.74 Å². The van der Waals surface area contributed by atoms with Gasteiger partial charge in [-0.3, -0.25) is 14.2 Å². The van der Waals surface area contributed by atoms with Gasteiger partial charge >= 0.3 is 12.1 Å². The molecule has 4 N–H and O–H groups in total. The zero-order chi connectivity index (χ0) is 28.4. The van der Waals surface area contributed by atoms with Gasteiger partial charge in [0.05, 0.1) is 5.92 Å². The first kappa shape index (κ1) is 29.6. The Balaban J connectivity index is 1.70. The van der Waals surface area contributed by atoms with Gasteiger partial charge < -0.3 is 25.4 Å². The van der Waals surface area contributed by atoms with Crippen LogP contribution in [0.25, 0.3) is 11.1 Å². The third kappa shape index (κ3) is 9.09. The quantitative estimate of drug-likeness (QED) is 0.240. The topological polar surface area (TPSA) is 142 Å². The van der Waals surface area contributed by atoms with Crippen LogP contribution in [0.1, 0.15) is 25.0 Å². The summed E-state index contributed by atoms with van der Waals surface area (Å²) in [6.07, 6.45) is -1.23. The predicted octanol–water partition coefficient (Wildman–Crippen LogP) is 4.64. The number of carboxylic acid groups (broad SMARTS) is 1. The highest BCUT2D eigenvalue weighted by Gasteiger charge is 2.35. The van der Waals surface area contributed by atoms with Gasteiger partial charge in [0.15, 0.2) is 0 Å². The number of hydrogen-bond acceptors (Lipinski definition) is 5. The number of nitrogens with one attached hydrogen (secondary N) is 2. The van der Waals surface area contributed by atoms with Crippen LogP contribution in [0.5, 0.6) is 0 Å². The van der Waals surface area contributed by atoms with Crippen LogP contribution in [0, 0.1) is 5.92 Å². The SMILES string of the molecule is C[C@H](NC(=O)C(Cc1ccc(-c2ccccc2)cc1)CP(=O)(O)[C@H](C)NC(=O)OCc1ccccc1)C(=O)O. The molecule has 206 valence electrons. The number of hydrogen-bond donors (Lipinski definition) is 4. The summed E-state index contributed by atoms with van der Waals surface area (Å²) in [6, 6.07) is 25.0. The molecule has 3 rings (SSSR count). The van der Waals surface area contributed by atoms with Crippen LogP contribution < -0.4 is 10.6 Å². The van der Waals surface area contributed by atoms with Crippen molar-refractivity contribution < 1.29 is 33.7 Å². The lowest BCUT2D eigenvalue weighted by molar-refractivity contribution is -0.141. The summed E-state index contributed by atoms with van der Waals surface area (Å²) < 4.78 is 18.4. The third-order valence-electron chi connectivity index (χ3n) is 6.27. The van der Waals surface area contributed by atoms with Crippen molar-refractivity contribution in [1.82, 2.24) is 10.6 Å². The van der Waals surface area contributed by atoms with Gasteiger partial charge in [-0.05, 0) is 42.5 Å². The summed E-state index contributed by atoms with van der Waals surface area (Å²) in [4.78, 5) is 47.4. The summed E-state index contributed by atoms with van der Waals surface area (Å²) in [5.74, 6) is -4.11. The van der Waals surface area contributed by atoms with E-state index in [1.54, 1.807) is 24.3 Å². The van der Waals surface area contributed by atoms with Crippen molar-refractivity contribution in [3.63, 3.8) is 0 Å². The van der Waals surface area contributed by atoms with Crippen LogP contribution in [-0.2, 0) is 31.9 Å². The van der Waals surface area contributed by atoms with Gasteiger partial charge in [0.1, 0.15) is 18.4 Å². The summed E-state index contributed by atoms with van der Waals surface area (Å²) >= 11 is 0. The van der Waals surface area contributed by atoms with Gasteiger partial charge in [0, 0.05) is 6.16 Å². The Labute approximate surface area is 227 Å². The number of amides is 2. The number of rotatable bonds is 12. The molecule has 2 unspecified atom stereocenters. The molecule has 0 radical (unpaired) electrons. The predicted molar refractivity (Wildman–Crippen MR) is 148 cm³/mol. The van der Waals surface area contributed by atoms with E-state index in [0.717, 1.165) is 22.3 Å². The second-order valence-corrected chi connectivity index (χ2v) is 12.0. The summed E-state index contributed by atoms with van der Waals surface area (Å²) in [7, 11) is -4.12. The maximum absolute atomic E-state index is 13.3. The van der Waals surface area contributed by atoms with Gasteiger partial charge in [-0.15, -0.1) is 0 Å². The summed E-state index contributed by atoms with van der Waals surface area (Å²) in [5, 5.41) is 14.0. The van der Waals surface area contributed by atoms with Crippen molar-refractivity contribution in [3.8, 4) is 11.1 Å². The molecule has 0 saturated carbocycles. The van der Waals surface area contributed by atoms with Crippen molar-refractivity contribution >= 4 is 25.3 Å². The number of benzene rings is 3. The molecule has 0 aromatic heterocycles. The normalized spacial score (nSPS) is 14.7. The van der Waals surface area contributed by atoms with Crippen molar-refractivity contribution in [2.24, 2.45) is 5.92 Å². The molecule has 2 amide bonds. The van der Waals surface area contributed by atoms with Crippen LogP contribution in [0.2, 0.25) is 0 Å². The van der Waals surface area contributed by atoms with E-state index in [-0.39, 0.29) is 13.0 Å². The van der Waals surface area contributed by atoms with Crippen LogP contribution in [0.15, 0.2) is 84.9 Å². The van der Waals surface area contributed by atoms with E-state index in [0.29, 0.717) is 0 Å². The maximum Gasteiger partial charge on any atom is 0.408 e. The highest BCUT2D eigenvalue weighted by Crippen LogP contribution is 2.47. The fourth-order valence-corrected chi connectivity index (χ4v) is 5.44. The molecule has 0 aliphatic rings. The Morgan fingerprint density at radius 3 is 1.97 bits per heavy atom. The van der Waals surface area contributed by atoms with Crippen molar-refractivity contribution in [2.75, 3.05) is 6.16 Å². The van der Waals surface area contributed by atoms with Crippen LogP contribution >= 0.6 is 7.37 Å². The number of aliphatic carboxylic acids is 1. The fraction of sp³-hybridized carbons (Fsp3) is 0.276. The lowest BCUT2D eigenvalue weighted by Gasteiger charge is -2.25. The standard InChI is InChI=1S/C29H33N2O7P/c1-20(28(33)34)30-27(32)26(17-22-13-15-25(16-14-22)24-11-7-4-8-12-24)19-39(36,37)21(2)31-29(35)38-18-23-9-5-3-6-10-23/h3-16,20-21,26H,17-19H2,1-2H3,(H,30,32)(H,31,35)(H,33,34)(H,36,37)/t20-,21+,26?/m0/s1. The molecule has 0 heterocycles. The third-order valence-corrected chi connectivity index (χ3v) is 8.57. The fourth-order valence-electron chi connectivity index (χ4n) is 3.89. The van der Waals surface area contributed by atoms with E-state index in [2.05, 4.69) is 10.6 Å². The number of carbonyl (C=O) groups is 3.